The molecule has 3 rings (SSSR count). The summed E-state index contributed by atoms with van der Waals surface area (Å²) in [6, 6.07) is 3.77. The van der Waals surface area contributed by atoms with E-state index in [-0.39, 0.29) is 6.10 Å². The van der Waals surface area contributed by atoms with Gasteiger partial charge in [0, 0.05) is 41.5 Å². The van der Waals surface area contributed by atoms with Crippen LogP contribution >= 0.6 is 11.6 Å². The molecule has 0 amide bonds. The van der Waals surface area contributed by atoms with Crippen molar-refractivity contribution in [2.45, 2.75) is 12.5 Å². The van der Waals surface area contributed by atoms with Crippen LogP contribution in [0.2, 0.25) is 5.02 Å². The zero-order valence-electron chi connectivity index (χ0n) is 9.64. The lowest BCUT2D eigenvalue weighted by Crippen LogP contribution is -2.24. The molecule has 1 aromatic heterocycles. The van der Waals surface area contributed by atoms with Gasteiger partial charge in [0.15, 0.2) is 0 Å². The second kappa shape index (κ2) is 4.55. The average molecular weight is 262 g/mol. The van der Waals surface area contributed by atoms with Crippen LogP contribution in [0.15, 0.2) is 30.7 Å². The largest absolute Gasteiger partial charge is 0.488 e. The van der Waals surface area contributed by atoms with Crippen molar-refractivity contribution < 1.29 is 4.74 Å². The van der Waals surface area contributed by atoms with Crippen molar-refractivity contribution in [1.82, 2.24) is 9.97 Å². The molecule has 5 heteroatoms. The Morgan fingerprint density at radius 1 is 1.39 bits per heavy atom. The highest BCUT2D eigenvalue weighted by Gasteiger charge is 2.26. The van der Waals surface area contributed by atoms with Crippen molar-refractivity contribution in [2.75, 3.05) is 6.54 Å². The third kappa shape index (κ3) is 1.94. The first-order valence-corrected chi connectivity index (χ1v) is 6.11. The average Bonchev–Trinajstić information content (AvgIpc) is 2.81. The van der Waals surface area contributed by atoms with E-state index >= 15 is 0 Å². The number of ether oxygens (including phenoxy) is 1. The molecule has 1 aliphatic heterocycles. The molecule has 1 atom stereocenters. The predicted octanol–water partition coefficient (Wildman–Crippen LogP) is 2.06. The first-order chi connectivity index (χ1) is 8.78. The number of aromatic nitrogens is 2. The Morgan fingerprint density at radius 3 is 3.00 bits per heavy atom. The molecule has 0 bridgehead atoms. The van der Waals surface area contributed by atoms with Crippen LogP contribution in [0.1, 0.15) is 5.56 Å². The Kier molecular flexibility index (Phi) is 2.89. The monoisotopic (exact) mass is 261 g/mol. The summed E-state index contributed by atoms with van der Waals surface area (Å²) in [6.07, 6.45) is 5.80. The maximum Gasteiger partial charge on any atom is 0.132 e. The van der Waals surface area contributed by atoms with Crippen molar-refractivity contribution in [3.63, 3.8) is 0 Å². The van der Waals surface area contributed by atoms with Crippen LogP contribution in [0.4, 0.5) is 0 Å². The van der Waals surface area contributed by atoms with Crippen LogP contribution in [0, 0.1) is 0 Å². The van der Waals surface area contributed by atoms with Gasteiger partial charge in [0.25, 0.3) is 0 Å². The molecule has 4 nitrogen and oxygen atoms in total. The molecule has 0 aliphatic carbocycles. The van der Waals surface area contributed by atoms with E-state index in [0.29, 0.717) is 11.6 Å². The van der Waals surface area contributed by atoms with E-state index in [1.165, 1.54) is 0 Å². The molecule has 1 aliphatic rings. The van der Waals surface area contributed by atoms with Gasteiger partial charge < -0.3 is 10.5 Å². The van der Waals surface area contributed by atoms with Crippen molar-refractivity contribution in [2.24, 2.45) is 5.73 Å². The van der Waals surface area contributed by atoms with E-state index in [0.717, 1.165) is 29.0 Å². The molecular formula is C13H12ClN3O. The first kappa shape index (κ1) is 11.4. The van der Waals surface area contributed by atoms with Crippen molar-refractivity contribution in [3.8, 4) is 17.0 Å². The fourth-order valence-electron chi connectivity index (χ4n) is 2.15. The molecule has 1 aromatic carbocycles. The van der Waals surface area contributed by atoms with Gasteiger partial charge in [0.1, 0.15) is 11.9 Å². The zero-order valence-corrected chi connectivity index (χ0v) is 10.4. The van der Waals surface area contributed by atoms with Crippen molar-refractivity contribution in [3.05, 3.63) is 41.3 Å². The molecule has 0 unspecified atom stereocenters. The predicted molar refractivity (Wildman–Crippen MR) is 69.7 cm³/mol. The third-order valence-corrected chi connectivity index (χ3v) is 3.18. The number of nitrogens with two attached hydrogens (primary N) is 1. The van der Waals surface area contributed by atoms with Gasteiger partial charge in [-0.2, -0.15) is 0 Å². The summed E-state index contributed by atoms with van der Waals surface area (Å²) in [5, 5.41) is 0.677. The molecule has 0 fully saturated rings. The fraction of sp³-hybridized carbons (Fsp3) is 0.231. The van der Waals surface area contributed by atoms with Crippen LogP contribution < -0.4 is 10.5 Å². The number of halogens is 1. The minimum Gasteiger partial charge on any atom is -0.488 e. The number of fused-ring (bicyclic) bond motifs is 1. The van der Waals surface area contributed by atoms with Crippen LogP contribution in [-0.4, -0.2) is 22.6 Å². The van der Waals surface area contributed by atoms with E-state index in [4.69, 9.17) is 22.1 Å². The Bertz CT molecular complexity index is 574. The second-order valence-electron chi connectivity index (χ2n) is 4.21. The lowest BCUT2D eigenvalue weighted by atomic mass is 10.0. The lowest BCUT2D eigenvalue weighted by Gasteiger charge is -2.10. The Hall–Kier alpha value is -1.65. The van der Waals surface area contributed by atoms with Gasteiger partial charge in [-0.1, -0.05) is 11.6 Å². The fourth-order valence-corrected chi connectivity index (χ4v) is 2.40. The van der Waals surface area contributed by atoms with E-state index in [1.54, 1.807) is 18.6 Å². The topological polar surface area (TPSA) is 61.0 Å². The summed E-state index contributed by atoms with van der Waals surface area (Å²) < 4.78 is 5.85. The zero-order chi connectivity index (χ0) is 12.5. The summed E-state index contributed by atoms with van der Waals surface area (Å²) in [4.78, 5) is 8.36. The minimum atomic E-state index is 0.0221. The Balaban J connectivity index is 2.12. The molecule has 0 saturated carbocycles. The van der Waals surface area contributed by atoms with E-state index in [2.05, 4.69) is 9.97 Å². The lowest BCUT2D eigenvalue weighted by molar-refractivity contribution is 0.242. The Labute approximate surface area is 110 Å². The molecule has 0 radical (unpaired) electrons. The third-order valence-electron chi connectivity index (χ3n) is 2.96. The summed E-state index contributed by atoms with van der Waals surface area (Å²) >= 11 is 6.13. The van der Waals surface area contributed by atoms with Crippen LogP contribution in [0.25, 0.3) is 11.3 Å². The second-order valence-corrected chi connectivity index (χ2v) is 4.65. The summed E-state index contributed by atoms with van der Waals surface area (Å²) in [5.74, 6) is 0.829. The molecule has 92 valence electrons. The Morgan fingerprint density at radius 2 is 2.28 bits per heavy atom. The normalized spacial score (nSPS) is 17.3. The standard InChI is InChI=1S/C13H12ClN3O/c14-9-3-8-4-10(6-15)18-13(8)11(5-9)12-7-16-1-2-17-12/h1-3,5,7,10H,4,6,15H2/t10-/m0/s1. The summed E-state index contributed by atoms with van der Waals surface area (Å²) in [7, 11) is 0. The van der Waals surface area contributed by atoms with Crippen LogP contribution in [0.5, 0.6) is 5.75 Å². The van der Waals surface area contributed by atoms with Gasteiger partial charge in [-0.25, -0.2) is 0 Å². The van der Waals surface area contributed by atoms with Gasteiger partial charge in [-0.15, -0.1) is 0 Å². The highest BCUT2D eigenvalue weighted by molar-refractivity contribution is 6.31. The molecule has 0 spiro atoms. The first-order valence-electron chi connectivity index (χ1n) is 5.73. The molecule has 2 aromatic rings. The minimum absolute atomic E-state index is 0.0221. The maximum absolute atomic E-state index is 6.13. The SMILES string of the molecule is NC[C@@H]1Cc2cc(Cl)cc(-c3cnccn3)c2O1. The van der Waals surface area contributed by atoms with Crippen LogP contribution in [0.3, 0.4) is 0 Å². The van der Waals surface area contributed by atoms with Gasteiger partial charge in [0.2, 0.25) is 0 Å². The quantitative estimate of drug-likeness (QED) is 0.899. The number of nitrogens with zero attached hydrogens (tertiary/aromatic N) is 2. The van der Waals surface area contributed by atoms with Crippen LogP contribution in [-0.2, 0) is 6.42 Å². The number of hydrogen-bond donors (Lipinski definition) is 1. The molecule has 18 heavy (non-hydrogen) atoms. The summed E-state index contributed by atoms with van der Waals surface area (Å²) in [5.41, 5.74) is 8.37. The molecular weight excluding hydrogens is 250 g/mol. The highest BCUT2D eigenvalue weighted by Crippen LogP contribution is 2.39. The van der Waals surface area contributed by atoms with Gasteiger partial charge >= 0.3 is 0 Å². The van der Waals surface area contributed by atoms with Gasteiger partial charge in [0.05, 0.1) is 11.9 Å². The maximum atomic E-state index is 6.13. The van der Waals surface area contributed by atoms with E-state index in [1.807, 2.05) is 12.1 Å². The van der Waals surface area contributed by atoms with Crippen molar-refractivity contribution in [1.29, 1.82) is 0 Å². The number of hydrogen-bond acceptors (Lipinski definition) is 4. The number of rotatable bonds is 2. The van der Waals surface area contributed by atoms with Gasteiger partial charge in [-0.05, 0) is 12.1 Å². The molecule has 2 N–H and O–H groups in total. The van der Waals surface area contributed by atoms with E-state index < -0.39 is 0 Å². The molecule has 0 saturated heterocycles. The smallest absolute Gasteiger partial charge is 0.132 e. The molecule has 2 heterocycles. The highest BCUT2D eigenvalue weighted by atomic mass is 35.5. The van der Waals surface area contributed by atoms with Crippen molar-refractivity contribution >= 4 is 11.6 Å². The van der Waals surface area contributed by atoms with Gasteiger partial charge in [-0.3, -0.25) is 9.97 Å². The van der Waals surface area contributed by atoms with E-state index in [9.17, 15) is 0 Å². The number of benzene rings is 1. The summed E-state index contributed by atoms with van der Waals surface area (Å²) in [6.45, 7) is 0.492.